The Morgan fingerprint density at radius 3 is 3.00 bits per heavy atom. The summed E-state index contributed by atoms with van der Waals surface area (Å²) in [4.78, 5) is 14.7. The molecule has 1 aliphatic heterocycles. The largest absolute Gasteiger partial charge is 0.491 e. The van der Waals surface area contributed by atoms with Crippen LogP contribution in [-0.4, -0.2) is 28.2 Å². The van der Waals surface area contributed by atoms with Crippen LogP contribution in [0.2, 0.25) is 0 Å². The first-order valence-corrected chi connectivity index (χ1v) is 5.94. The second-order valence-corrected chi connectivity index (χ2v) is 4.29. The van der Waals surface area contributed by atoms with Crippen molar-refractivity contribution in [1.82, 2.24) is 4.98 Å². The van der Waals surface area contributed by atoms with E-state index in [4.69, 9.17) is 14.5 Å². The minimum Gasteiger partial charge on any atom is -0.477 e. The fourth-order valence-electron chi connectivity index (χ4n) is 1.97. The van der Waals surface area contributed by atoms with Crippen molar-refractivity contribution in [2.45, 2.75) is 6.61 Å². The van der Waals surface area contributed by atoms with E-state index in [0.717, 1.165) is 5.56 Å². The highest BCUT2D eigenvalue weighted by atomic mass is 16.5. The summed E-state index contributed by atoms with van der Waals surface area (Å²) >= 11 is 0. The SMILES string of the molecule is O=C(O)c1cccc(Oc2ccc3c(c2)B(O)OC3)n1. The smallest absolute Gasteiger partial charge is 0.477 e. The summed E-state index contributed by atoms with van der Waals surface area (Å²) in [5, 5.41) is 18.5. The van der Waals surface area contributed by atoms with E-state index in [1.54, 1.807) is 30.3 Å². The van der Waals surface area contributed by atoms with Crippen LogP contribution >= 0.6 is 0 Å². The van der Waals surface area contributed by atoms with Crippen LogP contribution in [0.1, 0.15) is 16.1 Å². The standard InChI is InChI=1S/C13H10BNO5/c16-13(17)11-2-1-3-12(15-11)20-9-5-4-8-7-19-14(18)10(8)6-9/h1-6,18H,7H2,(H,16,17). The number of carboxylic acid groups (broad SMARTS) is 1. The molecule has 1 aliphatic rings. The van der Waals surface area contributed by atoms with E-state index in [2.05, 4.69) is 4.98 Å². The van der Waals surface area contributed by atoms with Crippen LogP contribution in [0.25, 0.3) is 0 Å². The predicted octanol–water partition coefficient (Wildman–Crippen LogP) is 0.790. The zero-order valence-electron chi connectivity index (χ0n) is 10.3. The van der Waals surface area contributed by atoms with Crippen LogP contribution < -0.4 is 10.2 Å². The molecule has 0 unspecified atom stereocenters. The van der Waals surface area contributed by atoms with Gasteiger partial charge in [0.2, 0.25) is 5.88 Å². The first-order valence-electron chi connectivity index (χ1n) is 5.94. The van der Waals surface area contributed by atoms with Gasteiger partial charge in [0.1, 0.15) is 5.75 Å². The molecule has 3 rings (SSSR count). The number of ether oxygens (including phenoxy) is 1. The van der Waals surface area contributed by atoms with Crippen molar-refractivity contribution in [3.8, 4) is 11.6 Å². The highest BCUT2D eigenvalue weighted by Crippen LogP contribution is 2.21. The van der Waals surface area contributed by atoms with Gasteiger partial charge in [0.15, 0.2) is 5.69 Å². The molecule has 6 nitrogen and oxygen atoms in total. The van der Waals surface area contributed by atoms with E-state index in [1.807, 2.05) is 0 Å². The minimum absolute atomic E-state index is 0.0907. The summed E-state index contributed by atoms with van der Waals surface area (Å²) in [6.07, 6.45) is 0. The number of aromatic carboxylic acids is 1. The van der Waals surface area contributed by atoms with E-state index in [-0.39, 0.29) is 11.6 Å². The zero-order chi connectivity index (χ0) is 14.1. The number of pyridine rings is 1. The third-order valence-corrected chi connectivity index (χ3v) is 2.95. The van der Waals surface area contributed by atoms with Crippen molar-refractivity contribution in [2.75, 3.05) is 0 Å². The molecule has 0 fully saturated rings. The molecule has 2 N–H and O–H groups in total. The number of rotatable bonds is 3. The minimum atomic E-state index is -1.12. The van der Waals surface area contributed by atoms with Gasteiger partial charge in [-0.1, -0.05) is 12.1 Å². The molecule has 2 aromatic rings. The highest BCUT2D eigenvalue weighted by molar-refractivity contribution is 6.61. The third kappa shape index (κ3) is 2.36. The summed E-state index contributed by atoms with van der Waals surface area (Å²) in [6.45, 7) is 0.365. The van der Waals surface area contributed by atoms with Gasteiger partial charge in [-0.2, -0.15) is 0 Å². The third-order valence-electron chi connectivity index (χ3n) is 2.95. The summed E-state index contributed by atoms with van der Waals surface area (Å²) in [5.41, 5.74) is 1.46. The number of hydrogen-bond donors (Lipinski definition) is 2. The van der Waals surface area contributed by atoms with E-state index in [0.29, 0.717) is 17.8 Å². The molecule has 0 aliphatic carbocycles. The lowest BCUT2D eigenvalue weighted by Gasteiger charge is -2.07. The molecule has 1 aromatic heterocycles. The summed E-state index contributed by atoms with van der Waals surface area (Å²) in [6, 6.07) is 9.67. The van der Waals surface area contributed by atoms with Crippen molar-refractivity contribution >= 4 is 18.6 Å². The van der Waals surface area contributed by atoms with Gasteiger partial charge in [-0.25, -0.2) is 9.78 Å². The normalized spacial score (nSPS) is 13.2. The molecule has 0 amide bonds. The quantitative estimate of drug-likeness (QED) is 0.802. The fourth-order valence-corrected chi connectivity index (χ4v) is 1.97. The van der Waals surface area contributed by atoms with Gasteiger partial charge in [0.25, 0.3) is 0 Å². The van der Waals surface area contributed by atoms with E-state index >= 15 is 0 Å². The van der Waals surface area contributed by atoms with Crippen LogP contribution in [0, 0.1) is 0 Å². The van der Waals surface area contributed by atoms with E-state index in [9.17, 15) is 9.82 Å². The maximum Gasteiger partial charge on any atom is 0.491 e. The molecule has 0 spiro atoms. The maximum atomic E-state index is 10.8. The number of benzene rings is 1. The van der Waals surface area contributed by atoms with Crippen molar-refractivity contribution in [3.05, 3.63) is 47.7 Å². The zero-order valence-corrected chi connectivity index (χ0v) is 10.3. The van der Waals surface area contributed by atoms with Crippen LogP contribution in [0.5, 0.6) is 11.6 Å². The van der Waals surface area contributed by atoms with Crippen LogP contribution in [0.3, 0.4) is 0 Å². The maximum absolute atomic E-state index is 10.8. The molecule has 20 heavy (non-hydrogen) atoms. The Balaban J connectivity index is 1.86. The van der Waals surface area contributed by atoms with Gasteiger partial charge >= 0.3 is 13.1 Å². The lowest BCUT2D eigenvalue weighted by molar-refractivity contribution is 0.0689. The van der Waals surface area contributed by atoms with Crippen molar-refractivity contribution in [3.63, 3.8) is 0 Å². The van der Waals surface area contributed by atoms with Gasteiger partial charge in [-0.3, -0.25) is 0 Å². The van der Waals surface area contributed by atoms with Crippen LogP contribution in [-0.2, 0) is 11.3 Å². The Bertz CT molecular complexity index is 676. The highest BCUT2D eigenvalue weighted by Gasteiger charge is 2.27. The topological polar surface area (TPSA) is 88.9 Å². The Morgan fingerprint density at radius 1 is 1.35 bits per heavy atom. The lowest BCUT2D eigenvalue weighted by Crippen LogP contribution is -2.27. The summed E-state index contributed by atoms with van der Waals surface area (Å²) in [5.74, 6) is -0.477. The molecule has 0 bridgehead atoms. The van der Waals surface area contributed by atoms with E-state index < -0.39 is 13.1 Å². The van der Waals surface area contributed by atoms with Gasteiger partial charge in [-0.15, -0.1) is 0 Å². The molecule has 0 saturated heterocycles. The lowest BCUT2D eigenvalue weighted by atomic mass is 9.79. The Morgan fingerprint density at radius 2 is 2.20 bits per heavy atom. The molecule has 100 valence electrons. The van der Waals surface area contributed by atoms with Crippen LogP contribution in [0.15, 0.2) is 36.4 Å². The Kier molecular flexibility index (Phi) is 3.13. The molecule has 0 saturated carbocycles. The molecule has 1 aromatic carbocycles. The van der Waals surface area contributed by atoms with Gasteiger partial charge in [-0.05, 0) is 29.2 Å². The second-order valence-electron chi connectivity index (χ2n) is 4.29. The molecular weight excluding hydrogens is 261 g/mol. The fraction of sp³-hybridized carbons (Fsp3) is 0.0769. The molecule has 0 radical (unpaired) electrons. The van der Waals surface area contributed by atoms with Gasteiger partial charge < -0.3 is 19.5 Å². The molecule has 7 heteroatoms. The number of fused-ring (bicyclic) bond motifs is 1. The van der Waals surface area contributed by atoms with Gasteiger partial charge in [0, 0.05) is 6.07 Å². The number of aromatic nitrogens is 1. The molecule has 2 heterocycles. The average molecular weight is 271 g/mol. The predicted molar refractivity (Wildman–Crippen MR) is 70.1 cm³/mol. The van der Waals surface area contributed by atoms with Crippen molar-refractivity contribution in [1.29, 1.82) is 0 Å². The average Bonchev–Trinajstić information content (AvgIpc) is 2.81. The van der Waals surface area contributed by atoms with Crippen molar-refractivity contribution < 1.29 is 24.3 Å². The summed E-state index contributed by atoms with van der Waals surface area (Å²) < 4.78 is 10.6. The van der Waals surface area contributed by atoms with Crippen molar-refractivity contribution in [2.24, 2.45) is 0 Å². The first-order chi connectivity index (χ1) is 9.63. The Hall–Kier alpha value is -2.38. The molecule has 0 atom stereocenters. The number of hydrogen-bond acceptors (Lipinski definition) is 5. The molecular formula is C13H10BNO5. The number of nitrogens with zero attached hydrogens (tertiary/aromatic N) is 1. The van der Waals surface area contributed by atoms with Gasteiger partial charge in [0.05, 0.1) is 6.61 Å². The first kappa shape index (κ1) is 12.6. The Labute approximate surface area is 114 Å². The number of carbonyl (C=O) groups is 1. The summed E-state index contributed by atoms with van der Waals surface area (Å²) in [7, 11) is -0.952. The number of carboxylic acids is 1. The van der Waals surface area contributed by atoms with Crippen LogP contribution in [0.4, 0.5) is 0 Å². The second kappa shape index (κ2) is 4.95. The monoisotopic (exact) mass is 271 g/mol. The van der Waals surface area contributed by atoms with E-state index in [1.165, 1.54) is 6.07 Å².